The molecular formula is C72H119NO18. The Hall–Kier alpha value is -3.81. The normalized spacial score (nSPS) is 28.6. The molecule has 0 aromatic carbocycles. The summed E-state index contributed by atoms with van der Waals surface area (Å²) in [7, 11) is 0. The lowest BCUT2D eigenvalue weighted by molar-refractivity contribution is -0.379. The molecule has 0 radical (unpaired) electrons. The van der Waals surface area contributed by atoms with Crippen molar-refractivity contribution in [2.24, 2.45) is 0 Å². The Morgan fingerprint density at radius 2 is 0.769 bits per heavy atom. The van der Waals surface area contributed by atoms with Crippen molar-refractivity contribution in [1.82, 2.24) is 5.32 Å². The van der Waals surface area contributed by atoms with E-state index in [1.54, 1.807) is 6.08 Å². The number of nitrogens with one attached hydrogen (secondary N) is 1. The molecule has 3 saturated heterocycles. The van der Waals surface area contributed by atoms with Crippen molar-refractivity contribution in [2.45, 2.75) is 298 Å². The van der Waals surface area contributed by atoms with Gasteiger partial charge in [-0.3, -0.25) is 4.79 Å². The molecule has 0 bridgehead atoms. The molecule has 19 heteroatoms. The minimum atomic E-state index is -1.99. The van der Waals surface area contributed by atoms with Gasteiger partial charge in [0, 0.05) is 6.42 Å². The number of aliphatic hydroxyl groups excluding tert-OH is 11. The van der Waals surface area contributed by atoms with E-state index in [9.17, 15) is 61.0 Å². The molecule has 0 aromatic heterocycles. The van der Waals surface area contributed by atoms with E-state index in [0.717, 1.165) is 116 Å². The summed E-state index contributed by atoms with van der Waals surface area (Å²) in [6.45, 7) is 1.55. The minimum absolute atomic E-state index is 0.217. The van der Waals surface area contributed by atoms with E-state index in [2.05, 4.69) is 129 Å². The Kier molecular flexibility index (Phi) is 46.9. The third kappa shape index (κ3) is 34.4. The van der Waals surface area contributed by atoms with Crippen molar-refractivity contribution >= 4 is 5.91 Å². The lowest BCUT2D eigenvalue weighted by Crippen LogP contribution is -2.66. The second-order valence-electron chi connectivity index (χ2n) is 23.9. The Morgan fingerprint density at radius 3 is 1.23 bits per heavy atom. The zero-order chi connectivity index (χ0) is 66.1. The van der Waals surface area contributed by atoms with Gasteiger partial charge in [-0.05, 0) is 96.3 Å². The molecule has 19 nitrogen and oxygen atoms in total. The predicted molar refractivity (Wildman–Crippen MR) is 355 cm³/mol. The summed E-state index contributed by atoms with van der Waals surface area (Å²) >= 11 is 0. The Labute approximate surface area is 544 Å². The first-order valence-corrected chi connectivity index (χ1v) is 34.3. The lowest BCUT2D eigenvalue weighted by Gasteiger charge is -2.48. The average molecular weight is 1290 g/mol. The van der Waals surface area contributed by atoms with Crippen LogP contribution in [0.15, 0.2) is 122 Å². The van der Waals surface area contributed by atoms with E-state index in [-0.39, 0.29) is 18.9 Å². The molecule has 91 heavy (non-hydrogen) atoms. The molecule has 3 aliphatic heterocycles. The van der Waals surface area contributed by atoms with Crippen molar-refractivity contribution in [1.29, 1.82) is 0 Å². The molecule has 3 rings (SSSR count). The third-order valence-corrected chi connectivity index (χ3v) is 16.2. The minimum Gasteiger partial charge on any atom is -0.394 e. The van der Waals surface area contributed by atoms with Gasteiger partial charge in [-0.1, -0.05) is 212 Å². The highest BCUT2D eigenvalue weighted by Gasteiger charge is 2.53. The highest BCUT2D eigenvalue weighted by molar-refractivity contribution is 5.76. The first-order chi connectivity index (χ1) is 44.3. The molecule has 3 heterocycles. The van der Waals surface area contributed by atoms with Crippen LogP contribution >= 0.6 is 0 Å². The molecule has 1 amide bonds. The maximum Gasteiger partial charge on any atom is 0.220 e. The van der Waals surface area contributed by atoms with Gasteiger partial charge in [0.1, 0.15) is 73.2 Å². The Balaban J connectivity index is 1.40. The fourth-order valence-electron chi connectivity index (χ4n) is 10.7. The molecule has 3 aliphatic rings. The number of unbranched alkanes of at least 4 members (excludes halogenated alkanes) is 16. The van der Waals surface area contributed by atoms with Crippen LogP contribution in [-0.2, 0) is 33.2 Å². The molecule has 12 N–H and O–H groups in total. The van der Waals surface area contributed by atoms with E-state index >= 15 is 0 Å². The van der Waals surface area contributed by atoms with Crippen LogP contribution in [0.1, 0.15) is 194 Å². The lowest BCUT2D eigenvalue weighted by atomic mass is 9.96. The Bertz CT molecular complexity index is 2120. The Morgan fingerprint density at radius 1 is 0.407 bits per heavy atom. The van der Waals surface area contributed by atoms with Crippen molar-refractivity contribution in [3.05, 3.63) is 122 Å². The number of ether oxygens (including phenoxy) is 6. The van der Waals surface area contributed by atoms with Crippen LogP contribution in [0, 0.1) is 0 Å². The van der Waals surface area contributed by atoms with Crippen molar-refractivity contribution in [2.75, 3.05) is 26.4 Å². The molecule has 0 aromatic rings. The molecule has 0 spiro atoms. The predicted octanol–water partition coefficient (Wildman–Crippen LogP) is 8.82. The largest absolute Gasteiger partial charge is 0.394 e. The van der Waals surface area contributed by atoms with Crippen LogP contribution in [0.3, 0.4) is 0 Å². The summed E-state index contributed by atoms with van der Waals surface area (Å²) in [5, 5.41) is 120. The molecule has 17 atom stereocenters. The first-order valence-electron chi connectivity index (χ1n) is 34.3. The van der Waals surface area contributed by atoms with Gasteiger partial charge in [-0.15, -0.1) is 0 Å². The van der Waals surface area contributed by atoms with Crippen LogP contribution in [0.4, 0.5) is 0 Å². The molecule has 0 aliphatic carbocycles. The highest BCUT2D eigenvalue weighted by atomic mass is 16.8. The number of hydrogen-bond acceptors (Lipinski definition) is 18. The number of allylic oxidation sites excluding steroid dienone is 19. The summed E-state index contributed by atoms with van der Waals surface area (Å²) in [5.74, 6) is -0.301. The maximum absolute atomic E-state index is 13.4. The van der Waals surface area contributed by atoms with Gasteiger partial charge in [0.25, 0.3) is 0 Å². The topological polar surface area (TPSA) is 307 Å². The van der Waals surface area contributed by atoms with Crippen LogP contribution < -0.4 is 5.32 Å². The molecule has 0 saturated carbocycles. The zero-order valence-electron chi connectivity index (χ0n) is 54.8. The number of aliphatic hydroxyl groups is 11. The van der Waals surface area contributed by atoms with Gasteiger partial charge in [0.2, 0.25) is 5.91 Å². The monoisotopic (exact) mass is 1290 g/mol. The van der Waals surface area contributed by atoms with E-state index < -0.39 is 124 Å². The first kappa shape index (κ1) is 81.4. The van der Waals surface area contributed by atoms with E-state index in [1.807, 2.05) is 6.08 Å². The second kappa shape index (κ2) is 52.5. The van der Waals surface area contributed by atoms with Crippen LogP contribution in [0.2, 0.25) is 0 Å². The van der Waals surface area contributed by atoms with E-state index in [0.29, 0.717) is 12.8 Å². The van der Waals surface area contributed by atoms with Crippen molar-refractivity contribution in [3.63, 3.8) is 0 Å². The number of rotatable bonds is 50. The molecule has 520 valence electrons. The van der Waals surface area contributed by atoms with Gasteiger partial charge in [-0.2, -0.15) is 0 Å². The fraction of sp³-hybridized carbons (Fsp3) is 0.708. The molecule has 17 unspecified atom stereocenters. The van der Waals surface area contributed by atoms with Gasteiger partial charge >= 0.3 is 0 Å². The van der Waals surface area contributed by atoms with Crippen LogP contribution in [0.5, 0.6) is 0 Å². The van der Waals surface area contributed by atoms with Crippen LogP contribution in [-0.4, -0.2) is 193 Å². The number of carbonyl (C=O) groups excluding carboxylic acids is 1. The average Bonchev–Trinajstić information content (AvgIpc) is 0.871. The SMILES string of the molecule is CC/C=C\C/C=C\C/C=C\C/C=C\C/C=C\C/C=C\C/C=C\C/C=C\CCCCCCCCCCC(=O)NC(COC1OC(CO)C(OC2OC(CO)C(OC3OC(CO)C(O)C(O)C3O)C(O)C2O)C(O)C1O)C(O)/C=C/CC/C=C/CCCCCCCCC. The van der Waals surface area contributed by atoms with Gasteiger partial charge in [0.15, 0.2) is 18.9 Å². The van der Waals surface area contributed by atoms with E-state index in [1.165, 1.54) is 44.9 Å². The van der Waals surface area contributed by atoms with Crippen molar-refractivity contribution < 1.29 is 89.4 Å². The second-order valence-corrected chi connectivity index (χ2v) is 23.9. The van der Waals surface area contributed by atoms with Crippen molar-refractivity contribution in [3.8, 4) is 0 Å². The standard InChI is InChI=1S/C72H119NO18/c1-3-5-7-9-11-13-15-17-18-19-20-21-22-23-24-25-26-27-28-29-30-31-32-33-34-35-36-38-40-42-44-46-48-50-60(78)73-55(56(77)49-47-45-43-41-39-37-16-14-12-10-8-6-4-2)54-86-70-66(84)63(81)68(58(52-75)88-70)91-72-67(85)64(82)69(59(53-76)89-72)90-71-65(83)62(80)61(79)57(51-74)87-71/h5,7,11,13,17-18,20-21,23-24,26-27,29-30,32-33,39,41,47,49,55-59,61-72,74-77,79-85H,3-4,6,8-10,12,14-16,19,22,25,28,31,34-38,40,42-46,48,50-54H2,1-2H3,(H,73,78)/b7-5-,13-11-,18-17-,21-20-,24-23-,27-26-,30-29-,33-32-,41-39+,49-47+. The molecule has 3 fully saturated rings. The van der Waals surface area contributed by atoms with Gasteiger partial charge in [-0.25, -0.2) is 0 Å². The quantitative estimate of drug-likeness (QED) is 0.0200. The summed E-state index contributed by atoms with van der Waals surface area (Å²) < 4.78 is 34.3. The van der Waals surface area contributed by atoms with E-state index in [4.69, 9.17) is 28.4 Å². The number of amides is 1. The number of carbonyl (C=O) groups is 1. The summed E-state index contributed by atoms with van der Waals surface area (Å²) in [6.07, 6.45) is 44.7. The fourth-order valence-corrected chi connectivity index (χ4v) is 10.7. The smallest absolute Gasteiger partial charge is 0.220 e. The van der Waals surface area contributed by atoms with Crippen LogP contribution in [0.25, 0.3) is 0 Å². The maximum atomic E-state index is 13.4. The zero-order valence-corrected chi connectivity index (χ0v) is 54.8. The third-order valence-electron chi connectivity index (χ3n) is 16.2. The summed E-state index contributed by atoms with van der Waals surface area (Å²) in [5.41, 5.74) is 0. The highest BCUT2D eigenvalue weighted by Crippen LogP contribution is 2.33. The molecular weight excluding hydrogens is 1170 g/mol. The summed E-state index contributed by atoms with van der Waals surface area (Å²) in [4.78, 5) is 13.4. The summed E-state index contributed by atoms with van der Waals surface area (Å²) in [6, 6.07) is -1.00. The van der Waals surface area contributed by atoms with Gasteiger partial charge in [0.05, 0.1) is 38.6 Å². The number of hydrogen-bond donors (Lipinski definition) is 12. The van der Waals surface area contributed by atoms with Gasteiger partial charge < -0.3 is 89.9 Å².